The number of rotatable bonds is 7. The summed E-state index contributed by atoms with van der Waals surface area (Å²) < 4.78 is 0. The normalized spacial score (nSPS) is 14.0. The van der Waals surface area contributed by atoms with Crippen LogP contribution in [0.15, 0.2) is 40.7 Å². The summed E-state index contributed by atoms with van der Waals surface area (Å²) in [4.78, 5) is 11.1. The summed E-state index contributed by atoms with van der Waals surface area (Å²) >= 11 is 1.60. The molecule has 0 fully saturated rings. The smallest absolute Gasteiger partial charge is 0.191 e. The average molecular weight is 362 g/mol. The summed E-state index contributed by atoms with van der Waals surface area (Å²) in [5.41, 5.74) is 0.824. The number of nitrogens with one attached hydrogen (secondary N) is 2. The van der Waals surface area contributed by atoms with Crippen LogP contribution in [0, 0.1) is 0 Å². The van der Waals surface area contributed by atoms with Crippen molar-refractivity contribution >= 4 is 22.4 Å². The van der Waals surface area contributed by atoms with Crippen LogP contribution in [0.3, 0.4) is 0 Å². The highest BCUT2D eigenvalue weighted by Crippen LogP contribution is 2.19. The highest BCUT2D eigenvalue weighted by molar-refractivity contribution is 7.13. The van der Waals surface area contributed by atoms with Crippen LogP contribution in [0.25, 0.3) is 0 Å². The van der Waals surface area contributed by atoms with Crippen molar-refractivity contribution in [1.82, 2.24) is 15.6 Å². The molecule has 0 spiro atoms. The Morgan fingerprint density at radius 3 is 2.60 bits per heavy atom. The SMILES string of the molecule is CCNC(=NCc1csc(N(C)C)n1)NCC(C)(O)c1ccccc1. The van der Waals surface area contributed by atoms with E-state index < -0.39 is 5.60 Å². The predicted octanol–water partition coefficient (Wildman–Crippen LogP) is 2.17. The van der Waals surface area contributed by atoms with Gasteiger partial charge in [-0.05, 0) is 19.4 Å². The van der Waals surface area contributed by atoms with Crippen LogP contribution in [0.1, 0.15) is 25.1 Å². The molecule has 6 nitrogen and oxygen atoms in total. The van der Waals surface area contributed by atoms with E-state index in [0.29, 0.717) is 19.0 Å². The van der Waals surface area contributed by atoms with Gasteiger partial charge < -0.3 is 20.6 Å². The third-order valence-electron chi connectivity index (χ3n) is 3.66. The van der Waals surface area contributed by atoms with Gasteiger partial charge in [0.15, 0.2) is 11.1 Å². The third kappa shape index (κ3) is 5.72. The number of anilines is 1. The molecule has 1 unspecified atom stereocenters. The third-order valence-corrected chi connectivity index (χ3v) is 4.72. The molecule has 0 amide bonds. The molecule has 25 heavy (non-hydrogen) atoms. The van der Waals surface area contributed by atoms with E-state index in [9.17, 15) is 5.11 Å². The molecule has 0 aliphatic heterocycles. The first-order chi connectivity index (χ1) is 11.9. The highest BCUT2D eigenvalue weighted by Gasteiger charge is 2.22. The maximum absolute atomic E-state index is 10.7. The van der Waals surface area contributed by atoms with Crippen molar-refractivity contribution in [3.05, 3.63) is 47.0 Å². The molecule has 7 heteroatoms. The Hall–Kier alpha value is -2.12. The second kappa shape index (κ2) is 8.82. The van der Waals surface area contributed by atoms with Crippen LogP contribution in [0.4, 0.5) is 5.13 Å². The van der Waals surface area contributed by atoms with Crippen LogP contribution < -0.4 is 15.5 Å². The quantitative estimate of drug-likeness (QED) is 0.521. The molecule has 0 saturated carbocycles. The number of aliphatic imine (C=N–C) groups is 1. The Kier molecular flexibility index (Phi) is 6.78. The Morgan fingerprint density at radius 1 is 1.28 bits per heavy atom. The van der Waals surface area contributed by atoms with Gasteiger partial charge in [-0.2, -0.15) is 0 Å². The van der Waals surface area contributed by atoms with Gasteiger partial charge in [-0.25, -0.2) is 9.98 Å². The van der Waals surface area contributed by atoms with E-state index >= 15 is 0 Å². The number of guanidine groups is 1. The van der Waals surface area contributed by atoms with Crippen molar-refractivity contribution in [2.24, 2.45) is 4.99 Å². The Morgan fingerprint density at radius 2 is 2.00 bits per heavy atom. The number of thiazole rings is 1. The topological polar surface area (TPSA) is 72.8 Å². The fourth-order valence-corrected chi connectivity index (χ4v) is 2.98. The Balaban J connectivity index is 1.99. The molecule has 1 atom stereocenters. The monoisotopic (exact) mass is 361 g/mol. The first-order valence-corrected chi connectivity index (χ1v) is 9.22. The summed E-state index contributed by atoms with van der Waals surface area (Å²) in [6.45, 7) is 5.41. The molecule has 0 radical (unpaired) electrons. The van der Waals surface area contributed by atoms with Gasteiger partial charge in [0.05, 0.1) is 18.8 Å². The van der Waals surface area contributed by atoms with Gasteiger partial charge in [-0.1, -0.05) is 30.3 Å². The summed E-state index contributed by atoms with van der Waals surface area (Å²) in [6.07, 6.45) is 0. The summed E-state index contributed by atoms with van der Waals surface area (Å²) in [5, 5.41) is 20.1. The van der Waals surface area contributed by atoms with Gasteiger partial charge in [0.1, 0.15) is 5.60 Å². The van der Waals surface area contributed by atoms with Crippen LogP contribution in [-0.4, -0.2) is 43.2 Å². The standard InChI is InChI=1S/C18H27N5OS/c1-5-19-16(20-11-15-12-25-17(22-15)23(3)4)21-13-18(2,24)14-9-7-6-8-10-14/h6-10,12,24H,5,11,13H2,1-4H3,(H2,19,20,21). The second-order valence-corrected chi connectivity index (χ2v) is 7.04. The molecule has 0 bridgehead atoms. The number of hydrogen-bond donors (Lipinski definition) is 3. The minimum absolute atomic E-state index is 0.364. The van der Waals surface area contributed by atoms with Crippen molar-refractivity contribution in [2.45, 2.75) is 26.0 Å². The van der Waals surface area contributed by atoms with E-state index in [1.54, 1.807) is 18.3 Å². The molecule has 0 saturated heterocycles. The first-order valence-electron chi connectivity index (χ1n) is 8.34. The fraction of sp³-hybridized carbons (Fsp3) is 0.444. The zero-order chi connectivity index (χ0) is 18.3. The largest absolute Gasteiger partial charge is 0.384 e. The lowest BCUT2D eigenvalue weighted by molar-refractivity contribution is 0.0617. The summed E-state index contributed by atoms with van der Waals surface area (Å²) in [7, 11) is 3.95. The summed E-state index contributed by atoms with van der Waals surface area (Å²) in [5.74, 6) is 0.665. The van der Waals surface area contributed by atoms with Gasteiger partial charge in [-0.15, -0.1) is 11.3 Å². The van der Waals surface area contributed by atoms with Gasteiger partial charge >= 0.3 is 0 Å². The lowest BCUT2D eigenvalue weighted by Gasteiger charge is -2.25. The van der Waals surface area contributed by atoms with Crippen molar-refractivity contribution in [2.75, 3.05) is 32.1 Å². The molecule has 136 valence electrons. The lowest BCUT2D eigenvalue weighted by Crippen LogP contribution is -2.44. The molecular formula is C18H27N5OS. The lowest BCUT2D eigenvalue weighted by atomic mass is 9.96. The van der Waals surface area contributed by atoms with Gasteiger partial charge in [0.2, 0.25) is 0 Å². The molecule has 1 aromatic carbocycles. The zero-order valence-electron chi connectivity index (χ0n) is 15.3. The molecule has 1 aromatic heterocycles. The van der Waals surface area contributed by atoms with E-state index in [-0.39, 0.29) is 0 Å². The molecule has 0 aliphatic rings. The summed E-state index contributed by atoms with van der Waals surface area (Å²) in [6, 6.07) is 9.63. The fourth-order valence-electron chi connectivity index (χ4n) is 2.23. The predicted molar refractivity (Wildman–Crippen MR) is 105 cm³/mol. The molecule has 3 N–H and O–H groups in total. The van der Waals surface area contributed by atoms with E-state index in [1.807, 2.05) is 61.6 Å². The number of aliphatic hydroxyl groups is 1. The zero-order valence-corrected chi connectivity index (χ0v) is 16.1. The first kappa shape index (κ1) is 19.2. The number of benzene rings is 1. The van der Waals surface area contributed by atoms with Gasteiger partial charge in [-0.3, -0.25) is 0 Å². The Labute approximate surface area is 153 Å². The molecule has 1 heterocycles. The maximum atomic E-state index is 10.7. The Bertz CT molecular complexity index is 682. The van der Waals surface area contributed by atoms with Crippen LogP contribution in [0.2, 0.25) is 0 Å². The molecule has 2 rings (SSSR count). The minimum Gasteiger partial charge on any atom is -0.384 e. The van der Waals surface area contributed by atoms with Gasteiger partial charge in [0, 0.05) is 26.0 Å². The highest BCUT2D eigenvalue weighted by atomic mass is 32.1. The van der Waals surface area contributed by atoms with Crippen LogP contribution >= 0.6 is 11.3 Å². The average Bonchev–Trinajstić information content (AvgIpc) is 3.07. The van der Waals surface area contributed by atoms with Crippen LogP contribution in [-0.2, 0) is 12.1 Å². The molecule has 0 aliphatic carbocycles. The van der Waals surface area contributed by atoms with E-state index in [4.69, 9.17) is 0 Å². The minimum atomic E-state index is -0.976. The molecular weight excluding hydrogens is 334 g/mol. The van der Waals surface area contributed by atoms with Crippen LogP contribution in [0.5, 0.6) is 0 Å². The van der Waals surface area contributed by atoms with E-state index in [0.717, 1.165) is 22.9 Å². The van der Waals surface area contributed by atoms with E-state index in [1.165, 1.54) is 0 Å². The van der Waals surface area contributed by atoms with Crippen molar-refractivity contribution < 1.29 is 5.11 Å². The van der Waals surface area contributed by atoms with Crippen molar-refractivity contribution in [3.8, 4) is 0 Å². The number of nitrogens with zero attached hydrogens (tertiary/aromatic N) is 3. The maximum Gasteiger partial charge on any atom is 0.191 e. The van der Waals surface area contributed by atoms with Crippen molar-refractivity contribution in [3.63, 3.8) is 0 Å². The van der Waals surface area contributed by atoms with Gasteiger partial charge in [0.25, 0.3) is 0 Å². The second-order valence-electron chi connectivity index (χ2n) is 6.20. The number of aromatic nitrogens is 1. The number of hydrogen-bond acceptors (Lipinski definition) is 5. The molecule has 2 aromatic rings. The van der Waals surface area contributed by atoms with E-state index in [2.05, 4.69) is 20.6 Å². The van der Waals surface area contributed by atoms with Crippen molar-refractivity contribution in [1.29, 1.82) is 0 Å².